The van der Waals surface area contributed by atoms with Crippen molar-refractivity contribution >= 4 is 39.7 Å². The third kappa shape index (κ3) is 1.77. The summed E-state index contributed by atoms with van der Waals surface area (Å²) in [4.78, 5) is 10.1. The number of fused-ring (bicyclic) bond motifs is 1. The number of nitro benzene ring substituents is 1. The summed E-state index contributed by atoms with van der Waals surface area (Å²) in [7, 11) is 0. The van der Waals surface area contributed by atoms with Gasteiger partial charge in [0.2, 0.25) is 0 Å². The second kappa shape index (κ2) is 3.74. The van der Waals surface area contributed by atoms with E-state index < -0.39 is 4.92 Å². The first kappa shape index (κ1) is 10.3. The van der Waals surface area contributed by atoms with Gasteiger partial charge in [-0.25, -0.2) is 0 Å². The number of thiocarbonyl (C=S) groups is 1. The zero-order valence-corrected chi connectivity index (χ0v) is 8.75. The minimum Gasteiger partial charge on any atom is -0.376 e. The topological polar surface area (TPSA) is 110 Å². The molecule has 7 nitrogen and oxygen atoms in total. The summed E-state index contributed by atoms with van der Waals surface area (Å²) in [6.07, 6.45) is 0. The van der Waals surface area contributed by atoms with Crippen LogP contribution in [-0.2, 0) is 0 Å². The summed E-state index contributed by atoms with van der Waals surface area (Å²) in [5.41, 5.74) is 5.96. The third-order valence-corrected chi connectivity index (χ3v) is 2.10. The Morgan fingerprint density at radius 3 is 3.00 bits per heavy atom. The molecule has 8 heteroatoms. The molecule has 0 unspecified atom stereocenters. The Labute approximate surface area is 94.8 Å². The maximum atomic E-state index is 10.6. The quantitative estimate of drug-likeness (QED) is 0.410. The predicted octanol–water partition coefficient (Wildman–Crippen LogP) is 1.13. The molecule has 0 aliphatic heterocycles. The van der Waals surface area contributed by atoms with Crippen molar-refractivity contribution in [1.29, 1.82) is 0 Å². The second-order valence-electron chi connectivity index (χ2n) is 3.05. The largest absolute Gasteiger partial charge is 0.376 e. The van der Waals surface area contributed by atoms with E-state index in [4.69, 9.17) is 5.73 Å². The van der Waals surface area contributed by atoms with Crippen LogP contribution in [0.4, 0.5) is 11.5 Å². The number of nitrogens with one attached hydrogen (secondary N) is 2. The van der Waals surface area contributed by atoms with E-state index in [-0.39, 0.29) is 10.8 Å². The molecule has 0 atom stereocenters. The molecule has 0 aliphatic rings. The van der Waals surface area contributed by atoms with Crippen LogP contribution in [0, 0.1) is 10.1 Å². The first-order valence-corrected chi connectivity index (χ1v) is 4.68. The number of aromatic amines is 1. The molecule has 0 fully saturated rings. The lowest BCUT2D eigenvalue weighted by Gasteiger charge is -1.98. The number of hydrogen-bond acceptors (Lipinski definition) is 4. The number of anilines is 1. The minimum atomic E-state index is -0.475. The first-order chi connectivity index (χ1) is 7.58. The van der Waals surface area contributed by atoms with Crippen molar-refractivity contribution in [3.05, 3.63) is 28.3 Å². The Kier molecular flexibility index (Phi) is 2.41. The molecule has 2 aromatic rings. The van der Waals surface area contributed by atoms with Crippen LogP contribution in [-0.4, -0.2) is 20.2 Å². The monoisotopic (exact) mass is 237 g/mol. The predicted molar refractivity (Wildman–Crippen MR) is 63.2 cm³/mol. The van der Waals surface area contributed by atoms with Gasteiger partial charge < -0.3 is 11.1 Å². The fraction of sp³-hybridized carbons (Fsp3) is 0. The van der Waals surface area contributed by atoms with Gasteiger partial charge in [-0.2, -0.15) is 5.10 Å². The number of nitrogens with zero attached hydrogens (tertiary/aromatic N) is 2. The van der Waals surface area contributed by atoms with E-state index in [0.717, 1.165) is 0 Å². The minimum absolute atomic E-state index is 0.0140. The molecule has 0 saturated heterocycles. The highest BCUT2D eigenvalue weighted by Crippen LogP contribution is 2.24. The molecular formula is C8H7N5O2S. The summed E-state index contributed by atoms with van der Waals surface area (Å²) < 4.78 is 0. The Hall–Kier alpha value is -2.22. The van der Waals surface area contributed by atoms with Gasteiger partial charge in [0.1, 0.15) is 0 Å². The van der Waals surface area contributed by atoms with Crippen molar-refractivity contribution in [3.8, 4) is 0 Å². The third-order valence-electron chi connectivity index (χ3n) is 2.00. The van der Waals surface area contributed by atoms with Crippen LogP contribution in [0.3, 0.4) is 0 Å². The van der Waals surface area contributed by atoms with Crippen molar-refractivity contribution in [2.24, 2.45) is 5.73 Å². The highest BCUT2D eigenvalue weighted by molar-refractivity contribution is 7.80. The summed E-state index contributed by atoms with van der Waals surface area (Å²) in [6, 6.07) is 4.37. The van der Waals surface area contributed by atoms with Gasteiger partial charge in [-0.1, -0.05) is 0 Å². The highest BCUT2D eigenvalue weighted by atomic mass is 32.1. The van der Waals surface area contributed by atoms with Crippen LogP contribution in [0.5, 0.6) is 0 Å². The maximum absolute atomic E-state index is 10.6. The number of benzene rings is 1. The van der Waals surface area contributed by atoms with Gasteiger partial charge in [-0.15, -0.1) is 0 Å². The second-order valence-corrected chi connectivity index (χ2v) is 3.49. The zero-order valence-electron chi connectivity index (χ0n) is 7.93. The number of rotatable bonds is 2. The van der Waals surface area contributed by atoms with Crippen LogP contribution in [0.25, 0.3) is 10.9 Å². The molecule has 0 bridgehead atoms. The number of H-pyrrole nitrogens is 1. The number of hydrogen-bond donors (Lipinski definition) is 3. The molecule has 0 spiro atoms. The number of nitro groups is 1. The van der Waals surface area contributed by atoms with Crippen LogP contribution in [0.2, 0.25) is 0 Å². The summed E-state index contributed by atoms with van der Waals surface area (Å²) >= 11 is 4.67. The van der Waals surface area contributed by atoms with E-state index in [0.29, 0.717) is 16.7 Å². The lowest BCUT2D eigenvalue weighted by molar-refractivity contribution is -0.384. The fourth-order valence-corrected chi connectivity index (χ4v) is 1.42. The van der Waals surface area contributed by atoms with Gasteiger partial charge in [0.25, 0.3) is 5.69 Å². The van der Waals surface area contributed by atoms with Gasteiger partial charge in [0, 0.05) is 12.1 Å². The van der Waals surface area contributed by atoms with Gasteiger partial charge in [0.05, 0.1) is 15.8 Å². The van der Waals surface area contributed by atoms with Crippen LogP contribution in [0.15, 0.2) is 18.2 Å². The average molecular weight is 237 g/mol. The summed E-state index contributed by atoms with van der Waals surface area (Å²) in [6.45, 7) is 0. The standard InChI is InChI=1S/C8H7N5O2S/c9-8(16)10-7-5-3-4(13(14)15)1-2-6(5)11-12-7/h1-3H,(H4,9,10,11,12,16). The zero-order chi connectivity index (χ0) is 11.7. The molecule has 1 aromatic heterocycles. The molecule has 0 saturated carbocycles. The van der Waals surface area contributed by atoms with Crippen LogP contribution >= 0.6 is 12.2 Å². The molecule has 16 heavy (non-hydrogen) atoms. The Bertz CT molecular complexity index is 579. The lowest BCUT2D eigenvalue weighted by atomic mass is 10.2. The van der Waals surface area contributed by atoms with E-state index >= 15 is 0 Å². The Balaban J connectivity index is 2.55. The molecule has 2 rings (SSSR count). The lowest BCUT2D eigenvalue weighted by Crippen LogP contribution is -2.19. The van der Waals surface area contributed by atoms with Crippen molar-refractivity contribution < 1.29 is 4.92 Å². The SMILES string of the molecule is NC(=S)Nc1n[nH]c2ccc([N+](=O)[O-])cc12. The Morgan fingerprint density at radius 1 is 1.62 bits per heavy atom. The first-order valence-electron chi connectivity index (χ1n) is 4.27. The highest BCUT2D eigenvalue weighted by Gasteiger charge is 2.11. The summed E-state index contributed by atoms with van der Waals surface area (Å²) in [5, 5.41) is 20.5. The molecule has 0 radical (unpaired) electrons. The van der Waals surface area contributed by atoms with Gasteiger partial charge in [-0.3, -0.25) is 15.2 Å². The smallest absolute Gasteiger partial charge is 0.270 e. The Morgan fingerprint density at radius 2 is 2.38 bits per heavy atom. The van der Waals surface area contributed by atoms with Crippen molar-refractivity contribution in [3.63, 3.8) is 0 Å². The van der Waals surface area contributed by atoms with Crippen LogP contribution < -0.4 is 11.1 Å². The van der Waals surface area contributed by atoms with Crippen molar-refractivity contribution in [1.82, 2.24) is 10.2 Å². The van der Waals surface area contributed by atoms with Crippen molar-refractivity contribution in [2.45, 2.75) is 0 Å². The number of aromatic nitrogens is 2. The van der Waals surface area contributed by atoms with Gasteiger partial charge in [-0.05, 0) is 18.3 Å². The van der Waals surface area contributed by atoms with E-state index in [2.05, 4.69) is 27.7 Å². The normalized spacial score (nSPS) is 10.2. The molecule has 1 heterocycles. The molecule has 0 aliphatic carbocycles. The maximum Gasteiger partial charge on any atom is 0.270 e. The molecule has 1 aromatic carbocycles. The molecule has 0 amide bonds. The molecule has 82 valence electrons. The van der Waals surface area contributed by atoms with E-state index in [1.54, 1.807) is 6.07 Å². The van der Waals surface area contributed by atoms with Crippen molar-refractivity contribution in [2.75, 3.05) is 5.32 Å². The van der Waals surface area contributed by atoms with Gasteiger partial charge in [0.15, 0.2) is 10.9 Å². The van der Waals surface area contributed by atoms with E-state index in [1.807, 2.05) is 0 Å². The average Bonchev–Trinajstić information content (AvgIpc) is 2.60. The van der Waals surface area contributed by atoms with Crippen LogP contribution in [0.1, 0.15) is 0 Å². The molecular weight excluding hydrogens is 230 g/mol. The van der Waals surface area contributed by atoms with E-state index in [9.17, 15) is 10.1 Å². The number of non-ortho nitro benzene ring substituents is 1. The number of nitrogens with two attached hydrogens (primary N) is 1. The molecule has 4 N–H and O–H groups in total. The fourth-order valence-electron chi connectivity index (χ4n) is 1.33. The van der Waals surface area contributed by atoms with Gasteiger partial charge >= 0.3 is 0 Å². The summed E-state index contributed by atoms with van der Waals surface area (Å²) in [5.74, 6) is 0.381. The van der Waals surface area contributed by atoms with E-state index in [1.165, 1.54) is 12.1 Å².